The minimum atomic E-state index is -3.90. The van der Waals surface area contributed by atoms with Gasteiger partial charge in [-0.2, -0.15) is 0 Å². The Balaban J connectivity index is 1.84. The van der Waals surface area contributed by atoms with Crippen molar-refractivity contribution in [1.29, 1.82) is 0 Å². The van der Waals surface area contributed by atoms with E-state index in [0.717, 1.165) is 11.1 Å². The van der Waals surface area contributed by atoms with E-state index < -0.39 is 10.0 Å². The van der Waals surface area contributed by atoms with Crippen LogP contribution >= 0.6 is 11.6 Å². The van der Waals surface area contributed by atoms with E-state index in [0.29, 0.717) is 59.6 Å². The molecule has 2 aliphatic heterocycles. The van der Waals surface area contributed by atoms with Crippen LogP contribution in [0.4, 0.5) is 5.69 Å². The van der Waals surface area contributed by atoms with Crippen molar-refractivity contribution in [3.05, 3.63) is 39.9 Å². The fourth-order valence-corrected chi connectivity index (χ4v) is 5.00. The lowest BCUT2D eigenvalue weighted by molar-refractivity contribution is 0.348. The first-order valence-corrected chi connectivity index (χ1v) is 10.1. The normalized spacial score (nSPS) is 15.0. The number of anilines is 1. The summed E-state index contributed by atoms with van der Waals surface area (Å²) in [5.41, 5.74) is 2.58. The summed E-state index contributed by atoms with van der Waals surface area (Å²) in [5.74, 6) is 1.39. The molecular formula is C18H18ClNO5S. The molecule has 2 aliphatic rings. The third-order valence-corrected chi connectivity index (χ3v) is 6.46. The highest BCUT2D eigenvalue weighted by molar-refractivity contribution is 7.93. The van der Waals surface area contributed by atoms with E-state index in [1.807, 2.05) is 6.07 Å². The number of fused-ring (bicyclic) bond motifs is 2. The van der Waals surface area contributed by atoms with Crippen molar-refractivity contribution in [2.24, 2.45) is 0 Å². The smallest absolute Gasteiger partial charge is 0.266 e. The minimum Gasteiger partial charge on any atom is -0.495 e. The summed E-state index contributed by atoms with van der Waals surface area (Å²) in [6, 6.07) is 5.13. The Labute approximate surface area is 157 Å². The van der Waals surface area contributed by atoms with Crippen LogP contribution in [-0.2, 0) is 22.9 Å². The van der Waals surface area contributed by atoms with Crippen molar-refractivity contribution in [3.63, 3.8) is 0 Å². The molecule has 0 aromatic heterocycles. The maximum Gasteiger partial charge on any atom is 0.266 e. The first-order chi connectivity index (χ1) is 12.4. The van der Waals surface area contributed by atoms with Crippen molar-refractivity contribution in [2.75, 3.05) is 25.0 Å². The summed E-state index contributed by atoms with van der Waals surface area (Å²) in [4.78, 5) is 0.162. The number of nitrogens with one attached hydrogen (secondary N) is 1. The minimum absolute atomic E-state index is 0.162. The van der Waals surface area contributed by atoms with Gasteiger partial charge < -0.3 is 14.2 Å². The molecule has 0 unspecified atom stereocenters. The maximum atomic E-state index is 13.3. The Morgan fingerprint density at radius 1 is 1.15 bits per heavy atom. The van der Waals surface area contributed by atoms with Gasteiger partial charge in [-0.15, -0.1) is 0 Å². The number of sulfonamides is 1. The number of hydrogen-bond donors (Lipinski definition) is 1. The summed E-state index contributed by atoms with van der Waals surface area (Å²) < 4.78 is 45.7. The molecule has 0 fully saturated rings. The molecular weight excluding hydrogens is 378 g/mol. The van der Waals surface area contributed by atoms with Crippen LogP contribution in [0.2, 0.25) is 5.02 Å². The first-order valence-electron chi connectivity index (χ1n) is 8.22. The third-order valence-electron chi connectivity index (χ3n) is 4.60. The van der Waals surface area contributed by atoms with Crippen molar-refractivity contribution in [3.8, 4) is 17.2 Å². The highest BCUT2D eigenvalue weighted by Crippen LogP contribution is 2.44. The zero-order valence-corrected chi connectivity index (χ0v) is 16.0. The van der Waals surface area contributed by atoms with Gasteiger partial charge in [0.1, 0.15) is 22.1 Å². The fourth-order valence-electron chi connectivity index (χ4n) is 3.33. The van der Waals surface area contributed by atoms with Crippen LogP contribution in [0.15, 0.2) is 23.1 Å². The summed E-state index contributed by atoms with van der Waals surface area (Å²) in [6.45, 7) is 2.72. The predicted octanol–water partition coefficient (Wildman–Crippen LogP) is 3.33. The molecule has 138 valence electrons. The molecule has 26 heavy (non-hydrogen) atoms. The first kappa shape index (κ1) is 17.3. The number of ether oxygens (including phenoxy) is 3. The zero-order valence-electron chi connectivity index (χ0n) is 14.4. The standard InChI is InChI=1S/C18H18ClNO5S/c1-10-7-14(16(23-2)9-13(10)19)20-26(21,22)18-12-4-6-24-15(12)8-11-3-5-25-17(11)18/h7-9,20H,3-6H2,1-2H3. The van der Waals surface area contributed by atoms with Gasteiger partial charge >= 0.3 is 0 Å². The third kappa shape index (κ3) is 2.75. The fraction of sp³-hybridized carbons (Fsp3) is 0.333. The number of methoxy groups -OCH3 is 1. The van der Waals surface area contributed by atoms with Gasteiger partial charge in [0.15, 0.2) is 0 Å². The quantitative estimate of drug-likeness (QED) is 0.859. The molecule has 0 bridgehead atoms. The Bertz CT molecular complexity index is 971. The van der Waals surface area contributed by atoms with E-state index in [9.17, 15) is 8.42 Å². The predicted molar refractivity (Wildman–Crippen MR) is 98.4 cm³/mol. The highest BCUT2D eigenvalue weighted by Gasteiger charge is 2.34. The van der Waals surface area contributed by atoms with E-state index in [2.05, 4.69) is 4.72 Å². The SMILES string of the molecule is COc1cc(Cl)c(C)cc1NS(=O)(=O)c1c2c(cc3c1OCC3)OCC2. The van der Waals surface area contributed by atoms with Crippen LogP contribution in [0.25, 0.3) is 0 Å². The van der Waals surface area contributed by atoms with E-state index in [1.165, 1.54) is 7.11 Å². The summed E-state index contributed by atoms with van der Waals surface area (Å²) >= 11 is 6.11. The highest BCUT2D eigenvalue weighted by atomic mass is 35.5. The molecule has 0 aliphatic carbocycles. The van der Waals surface area contributed by atoms with Crippen LogP contribution < -0.4 is 18.9 Å². The lowest BCUT2D eigenvalue weighted by Gasteiger charge is -2.17. The van der Waals surface area contributed by atoms with Crippen LogP contribution in [0.5, 0.6) is 17.2 Å². The molecule has 8 heteroatoms. The number of aryl methyl sites for hydroxylation is 1. The second-order valence-corrected chi connectivity index (χ2v) is 8.30. The second-order valence-electron chi connectivity index (χ2n) is 6.27. The summed E-state index contributed by atoms with van der Waals surface area (Å²) in [7, 11) is -2.44. The molecule has 4 rings (SSSR count). The zero-order chi connectivity index (χ0) is 18.5. The van der Waals surface area contributed by atoms with E-state index in [1.54, 1.807) is 19.1 Å². The molecule has 2 heterocycles. The Kier molecular flexibility index (Phi) is 4.16. The Morgan fingerprint density at radius 3 is 2.69 bits per heavy atom. The van der Waals surface area contributed by atoms with Crippen LogP contribution in [-0.4, -0.2) is 28.7 Å². The van der Waals surface area contributed by atoms with Gasteiger partial charge in [0.25, 0.3) is 10.0 Å². The van der Waals surface area contributed by atoms with Gasteiger partial charge in [0.2, 0.25) is 0 Å². The average molecular weight is 396 g/mol. The van der Waals surface area contributed by atoms with Crippen LogP contribution in [0.1, 0.15) is 16.7 Å². The van der Waals surface area contributed by atoms with Gasteiger partial charge in [-0.25, -0.2) is 8.42 Å². The van der Waals surface area contributed by atoms with Crippen LogP contribution in [0.3, 0.4) is 0 Å². The Morgan fingerprint density at radius 2 is 1.92 bits per heavy atom. The lowest BCUT2D eigenvalue weighted by atomic mass is 10.1. The Hall–Kier alpha value is -2.12. The topological polar surface area (TPSA) is 73.9 Å². The van der Waals surface area contributed by atoms with Crippen molar-refractivity contribution >= 4 is 27.3 Å². The number of hydrogen-bond acceptors (Lipinski definition) is 5. The number of benzene rings is 2. The monoisotopic (exact) mass is 395 g/mol. The molecule has 1 N–H and O–H groups in total. The number of halogens is 1. The van der Waals surface area contributed by atoms with E-state index in [4.69, 9.17) is 25.8 Å². The molecule has 2 aromatic rings. The molecule has 6 nitrogen and oxygen atoms in total. The molecule has 2 aromatic carbocycles. The molecule has 0 atom stereocenters. The largest absolute Gasteiger partial charge is 0.495 e. The number of rotatable bonds is 4. The van der Waals surface area contributed by atoms with Gasteiger partial charge in [-0.1, -0.05) is 11.6 Å². The van der Waals surface area contributed by atoms with Crippen molar-refractivity contribution in [1.82, 2.24) is 0 Å². The van der Waals surface area contributed by atoms with Gasteiger partial charge in [-0.05, 0) is 24.6 Å². The lowest BCUT2D eigenvalue weighted by Crippen LogP contribution is -2.16. The van der Waals surface area contributed by atoms with Crippen LogP contribution in [0, 0.1) is 6.92 Å². The molecule has 0 saturated carbocycles. The van der Waals surface area contributed by atoms with Crippen molar-refractivity contribution < 1.29 is 22.6 Å². The van der Waals surface area contributed by atoms with Gasteiger partial charge in [0.05, 0.1) is 26.0 Å². The summed E-state index contributed by atoms with van der Waals surface area (Å²) in [6.07, 6.45) is 1.19. The molecule has 0 spiro atoms. The van der Waals surface area contributed by atoms with Crippen molar-refractivity contribution in [2.45, 2.75) is 24.7 Å². The average Bonchev–Trinajstić information content (AvgIpc) is 3.23. The van der Waals surface area contributed by atoms with Gasteiger partial charge in [0, 0.05) is 35.1 Å². The maximum absolute atomic E-state index is 13.3. The van der Waals surface area contributed by atoms with E-state index in [-0.39, 0.29) is 4.90 Å². The molecule has 0 radical (unpaired) electrons. The molecule has 0 amide bonds. The second kappa shape index (κ2) is 6.25. The van der Waals surface area contributed by atoms with E-state index >= 15 is 0 Å². The molecule has 0 saturated heterocycles. The summed E-state index contributed by atoms with van der Waals surface area (Å²) in [5, 5.41) is 0.503. The van der Waals surface area contributed by atoms with Gasteiger partial charge in [-0.3, -0.25) is 4.72 Å².